The summed E-state index contributed by atoms with van der Waals surface area (Å²) in [5.74, 6) is -2.92. The molecule has 1 fully saturated rings. The number of fused-ring (bicyclic) bond motifs is 1. The summed E-state index contributed by atoms with van der Waals surface area (Å²) in [5.41, 5.74) is 3.23. The van der Waals surface area contributed by atoms with Crippen LogP contribution < -0.4 is 11.1 Å². The van der Waals surface area contributed by atoms with Crippen molar-refractivity contribution >= 4 is 11.8 Å². The van der Waals surface area contributed by atoms with Crippen molar-refractivity contribution in [2.24, 2.45) is 22.5 Å². The summed E-state index contributed by atoms with van der Waals surface area (Å²) >= 11 is 0. The molecule has 98 valence electrons. The quantitative estimate of drug-likeness (QED) is 0.703. The highest BCUT2D eigenvalue weighted by atomic mass is 16.2. The smallest absolute Gasteiger partial charge is 0.243 e. The Morgan fingerprint density at radius 1 is 1.58 bits per heavy atom. The maximum absolute atomic E-state index is 12.0. The highest BCUT2D eigenvalue weighted by molar-refractivity contribution is 5.97. The Bertz CT molecular complexity index is 568. The molecule has 0 aromatic carbocycles. The van der Waals surface area contributed by atoms with Gasteiger partial charge in [0.2, 0.25) is 11.8 Å². The van der Waals surface area contributed by atoms with Crippen LogP contribution in [-0.2, 0) is 9.59 Å². The van der Waals surface area contributed by atoms with Gasteiger partial charge in [-0.3, -0.25) is 9.59 Å². The number of carbonyl (C=O) groups excluding carboxylic acids is 2. The van der Waals surface area contributed by atoms with Gasteiger partial charge in [-0.15, -0.1) is 0 Å². The lowest BCUT2D eigenvalue weighted by molar-refractivity contribution is -0.144. The number of primary amides is 1. The van der Waals surface area contributed by atoms with Crippen LogP contribution >= 0.6 is 0 Å². The Morgan fingerprint density at radius 3 is 2.79 bits per heavy atom. The number of hydrogen-bond donors (Lipinski definition) is 2. The largest absolute Gasteiger partial charge is 0.368 e. The molecule has 2 amide bonds. The summed E-state index contributed by atoms with van der Waals surface area (Å²) in [6, 6.07) is 3.66. The zero-order chi connectivity index (χ0) is 14.3. The molecule has 1 saturated heterocycles. The second kappa shape index (κ2) is 4.10. The fourth-order valence-corrected chi connectivity index (χ4v) is 3.19. The average Bonchev–Trinajstić information content (AvgIpc) is 2.37. The van der Waals surface area contributed by atoms with Gasteiger partial charge in [0.25, 0.3) is 0 Å². The van der Waals surface area contributed by atoms with Crippen molar-refractivity contribution in [2.45, 2.75) is 26.2 Å². The maximum atomic E-state index is 12.0. The number of nitrogens with one attached hydrogen (secondary N) is 1. The van der Waals surface area contributed by atoms with Crippen molar-refractivity contribution in [1.29, 1.82) is 10.5 Å². The van der Waals surface area contributed by atoms with Gasteiger partial charge in [0, 0.05) is 11.1 Å². The number of carbonyl (C=O) groups is 2. The summed E-state index contributed by atoms with van der Waals surface area (Å²) in [7, 11) is 0. The molecule has 0 saturated carbocycles. The van der Waals surface area contributed by atoms with Crippen LogP contribution in [-0.4, -0.2) is 11.8 Å². The van der Waals surface area contributed by atoms with E-state index in [0.717, 1.165) is 12.8 Å². The first kappa shape index (κ1) is 13.1. The monoisotopic (exact) mass is 258 g/mol. The van der Waals surface area contributed by atoms with E-state index in [9.17, 15) is 20.1 Å². The van der Waals surface area contributed by atoms with Gasteiger partial charge in [0.1, 0.15) is 0 Å². The summed E-state index contributed by atoms with van der Waals surface area (Å²) < 4.78 is 0. The van der Waals surface area contributed by atoms with Crippen LogP contribution in [0.5, 0.6) is 0 Å². The fraction of sp³-hybridized carbons (Fsp3) is 0.538. The number of nitriles is 2. The lowest BCUT2D eigenvalue weighted by Gasteiger charge is -2.50. The summed E-state index contributed by atoms with van der Waals surface area (Å²) in [6.07, 6.45) is 3.89. The number of hydrogen-bond acceptors (Lipinski definition) is 4. The van der Waals surface area contributed by atoms with Gasteiger partial charge in [0.15, 0.2) is 11.3 Å². The van der Waals surface area contributed by atoms with Crippen molar-refractivity contribution in [3.8, 4) is 12.1 Å². The number of allylic oxidation sites excluding steroid dienone is 2. The van der Waals surface area contributed by atoms with E-state index in [1.165, 1.54) is 0 Å². The third-order valence-corrected chi connectivity index (χ3v) is 4.34. The standard InChI is InChI=1S/C13H14N4O2/c1-12-5-3-2-4-9(12)17-10(18)8(6-14)13(12,7-15)11(16)19/h4,8H,2-3,5H2,1H3,(H2,16,19)(H,17,18)/t8-,12-,13-/m0/s1. The molecule has 1 aliphatic heterocycles. The Morgan fingerprint density at radius 2 is 2.26 bits per heavy atom. The van der Waals surface area contributed by atoms with E-state index in [2.05, 4.69) is 5.32 Å². The van der Waals surface area contributed by atoms with Gasteiger partial charge >= 0.3 is 0 Å². The average molecular weight is 258 g/mol. The third kappa shape index (κ3) is 1.40. The molecular weight excluding hydrogens is 244 g/mol. The number of rotatable bonds is 1. The molecule has 3 atom stereocenters. The Labute approximate surface area is 110 Å². The van der Waals surface area contributed by atoms with Crippen LogP contribution in [0.1, 0.15) is 26.2 Å². The molecule has 0 aromatic rings. The Balaban J connectivity index is 2.74. The van der Waals surface area contributed by atoms with E-state index in [0.29, 0.717) is 12.1 Å². The van der Waals surface area contributed by atoms with Crippen LogP contribution in [0.4, 0.5) is 0 Å². The zero-order valence-electron chi connectivity index (χ0n) is 10.6. The van der Waals surface area contributed by atoms with Gasteiger partial charge in [-0.25, -0.2) is 0 Å². The zero-order valence-corrected chi connectivity index (χ0v) is 10.6. The number of nitrogens with zero attached hydrogens (tertiary/aromatic N) is 2. The lowest BCUT2D eigenvalue weighted by Crippen LogP contribution is -2.63. The maximum Gasteiger partial charge on any atom is 0.243 e. The van der Waals surface area contributed by atoms with Gasteiger partial charge in [-0.05, 0) is 19.3 Å². The molecule has 6 nitrogen and oxygen atoms in total. The van der Waals surface area contributed by atoms with Crippen molar-refractivity contribution in [3.05, 3.63) is 11.8 Å². The van der Waals surface area contributed by atoms with E-state index in [1.54, 1.807) is 13.0 Å². The van der Waals surface area contributed by atoms with Crippen LogP contribution in [0, 0.1) is 39.4 Å². The molecule has 2 aliphatic rings. The molecule has 0 bridgehead atoms. The molecule has 6 heteroatoms. The van der Waals surface area contributed by atoms with Gasteiger partial charge in [-0.2, -0.15) is 10.5 Å². The minimum Gasteiger partial charge on any atom is -0.368 e. The molecule has 1 heterocycles. The predicted octanol–water partition coefficient (Wildman–Crippen LogP) is 0.325. The number of amides is 2. The minimum absolute atomic E-state index is 0.536. The van der Waals surface area contributed by atoms with Crippen LogP contribution in [0.3, 0.4) is 0 Å². The molecular formula is C13H14N4O2. The molecule has 0 radical (unpaired) electrons. The van der Waals surface area contributed by atoms with E-state index in [-0.39, 0.29) is 0 Å². The van der Waals surface area contributed by atoms with Gasteiger partial charge in [-0.1, -0.05) is 13.0 Å². The molecule has 0 aromatic heterocycles. The minimum atomic E-state index is -1.81. The highest BCUT2D eigenvalue weighted by Crippen LogP contribution is 2.55. The molecule has 0 spiro atoms. The summed E-state index contributed by atoms with van der Waals surface area (Å²) in [6.45, 7) is 1.72. The lowest BCUT2D eigenvalue weighted by atomic mass is 9.52. The SMILES string of the molecule is C[C@]12CCCC=C1NC(=O)[C@H](C#N)[C@@]2(C#N)C(N)=O. The third-order valence-electron chi connectivity index (χ3n) is 4.34. The molecule has 3 N–H and O–H groups in total. The van der Waals surface area contributed by atoms with Crippen LogP contribution in [0.15, 0.2) is 11.8 Å². The topological polar surface area (TPSA) is 120 Å². The second-order valence-corrected chi connectivity index (χ2v) is 5.18. The van der Waals surface area contributed by atoms with E-state index in [4.69, 9.17) is 5.73 Å². The molecule has 2 rings (SSSR count). The van der Waals surface area contributed by atoms with Crippen molar-refractivity contribution in [1.82, 2.24) is 5.32 Å². The van der Waals surface area contributed by atoms with E-state index in [1.807, 2.05) is 12.1 Å². The summed E-state index contributed by atoms with van der Waals surface area (Å²) in [4.78, 5) is 23.9. The highest BCUT2D eigenvalue weighted by Gasteiger charge is 2.65. The second-order valence-electron chi connectivity index (χ2n) is 5.18. The fourth-order valence-electron chi connectivity index (χ4n) is 3.19. The normalized spacial score (nSPS) is 37.1. The van der Waals surface area contributed by atoms with Crippen molar-refractivity contribution < 1.29 is 9.59 Å². The van der Waals surface area contributed by atoms with E-state index >= 15 is 0 Å². The Kier molecular flexibility index (Phi) is 2.83. The predicted molar refractivity (Wildman–Crippen MR) is 64.5 cm³/mol. The first-order chi connectivity index (χ1) is 8.94. The molecule has 1 aliphatic carbocycles. The van der Waals surface area contributed by atoms with Crippen LogP contribution in [0.2, 0.25) is 0 Å². The van der Waals surface area contributed by atoms with E-state index < -0.39 is 28.6 Å². The number of nitrogens with two attached hydrogens (primary N) is 1. The number of piperidine rings is 1. The van der Waals surface area contributed by atoms with Crippen LogP contribution in [0.25, 0.3) is 0 Å². The summed E-state index contributed by atoms with van der Waals surface area (Å²) in [5, 5.41) is 21.4. The van der Waals surface area contributed by atoms with Gasteiger partial charge < -0.3 is 11.1 Å². The first-order valence-corrected chi connectivity index (χ1v) is 6.06. The van der Waals surface area contributed by atoms with Crippen molar-refractivity contribution in [3.63, 3.8) is 0 Å². The molecule has 19 heavy (non-hydrogen) atoms. The molecule has 0 unspecified atom stereocenters. The van der Waals surface area contributed by atoms with Gasteiger partial charge in [0.05, 0.1) is 12.1 Å². The van der Waals surface area contributed by atoms with Crippen molar-refractivity contribution in [2.75, 3.05) is 0 Å². The Hall–Kier alpha value is -2.34. The first-order valence-electron chi connectivity index (χ1n) is 6.06.